The fourth-order valence-electron chi connectivity index (χ4n) is 2.52. The number of nitrogens with zero attached hydrogens (tertiary/aromatic N) is 2. The second kappa shape index (κ2) is 4.91. The van der Waals surface area contributed by atoms with E-state index in [1.165, 1.54) is 18.5 Å². The van der Waals surface area contributed by atoms with Crippen molar-refractivity contribution in [2.24, 2.45) is 11.8 Å². The summed E-state index contributed by atoms with van der Waals surface area (Å²) in [6.07, 6.45) is 5.90. The molecule has 1 fully saturated rings. The summed E-state index contributed by atoms with van der Waals surface area (Å²) in [5.41, 5.74) is 1.26. The number of aromatic nitrogens is 2. The van der Waals surface area contributed by atoms with Crippen LogP contribution in [0.1, 0.15) is 45.3 Å². The van der Waals surface area contributed by atoms with Crippen LogP contribution in [0.5, 0.6) is 0 Å². The molecular weight excluding hydrogens is 264 g/mol. The third-order valence-corrected chi connectivity index (χ3v) is 5.08. The summed E-state index contributed by atoms with van der Waals surface area (Å²) in [6.45, 7) is 6.70. The molecule has 3 heteroatoms. The molecule has 1 aromatic rings. The van der Waals surface area contributed by atoms with Gasteiger partial charge in [0.1, 0.15) is 0 Å². The van der Waals surface area contributed by atoms with Crippen molar-refractivity contribution in [3.8, 4) is 0 Å². The molecule has 0 N–H and O–H groups in total. The molecule has 2 nitrogen and oxygen atoms in total. The van der Waals surface area contributed by atoms with Crippen molar-refractivity contribution in [1.29, 1.82) is 0 Å². The van der Waals surface area contributed by atoms with Crippen molar-refractivity contribution in [2.75, 3.05) is 0 Å². The molecule has 0 amide bonds. The lowest BCUT2D eigenvalue weighted by molar-refractivity contribution is 0.415. The molecule has 0 saturated heterocycles. The lowest BCUT2D eigenvalue weighted by atomic mass is 9.93. The van der Waals surface area contributed by atoms with Crippen LogP contribution in [-0.4, -0.2) is 14.6 Å². The van der Waals surface area contributed by atoms with Gasteiger partial charge in [0.2, 0.25) is 0 Å². The summed E-state index contributed by atoms with van der Waals surface area (Å²) in [4.78, 5) is 0.713. The molecule has 2 rings (SSSR count). The van der Waals surface area contributed by atoms with Crippen molar-refractivity contribution in [2.45, 2.75) is 50.9 Å². The molecule has 90 valence electrons. The minimum atomic E-state index is 0.471. The molecule has 1 aliphatic rings. The Labute approximate surface area is 107 Å². The van der Waals surface area contributed by atoms with Gasteiger partial charge in [0.25, 0.3) is 0 Å². The van der Waals surface area contributed by atoms with Crippen LogP contribution in [0.3, 0.4) is 0 Å². The average molecular weight is 285 g/mol. The minimum Gasteiger partial charge on any atom is -0.270 e. The Kier molecular flexibility index (Phi) is 3.73. The van der Waals surface area contributed by atoms with Gasteiger partial charge in [-0.2, -0.15) is 5.10 Å². The molecule has 0 aromatic carbocycles. The van der Waals surface area contributed by atoms with Crippen LogP contribution in [-0.2, 0) is 6.42 Å². The maximum Gasteiger partial charge on any atom is 0.0627 e. The van der Waals surface area contributed by atoms with Crippen molar-refractivity contribution in [3.63, 3.8) is 0 Å². The summed E-state index contributed by atoms with van der Waals surface area (Å²) in [5.74, 6) is 1.59. The largest absolute Gasteiger partial charge is 0.270 e. The van der Waals surface area contributed by atoms with E-state index in [1.807, 2.05) is 0 Å². The minimum absolute atomic E-state index is 0.471. The van der Waals surface area contributed by atoms with Crippen molar-refractivity contribution in [3.05, 3.63) is 18.0 Å². The topological polar surface area (TPSA) is 17.8 Å². The first kappa shape index (κ1) is 12.2. The molecule has 0 aliphatic heterocycles. The van der Waals surface area contributed by atoms with E-state index in [2.05, 4.69) is 58.7 Å². The second-order valence-electron chi connectivity index (χ2n) is 5.30. The molecule has 3 atom stereocenters. The molecule has 1 aromatic heterocycles. The zero-order valence-electron chi connectivity index (χ0n) is 10.4. The molecule has 0 spiro atoms. The van der Waals surface area contributed by atoms with Crippen molar-refractivity contribution in [1.82, 2.24) is 9.78 Å². The first-order chi connectivity index (χ1) is 7.58. The fraction of sp³-hybridized carbons (Fsp3) is 0.769. The Bertz CT molecular complexity index is 345. The van der Waals surface area contributed by atoms with Gasteiger partial charge in [-0.1, -0.05) is 22.9 Å². The standard InChI is InChI=1S/C13H21BrN2/c1-9(2)16-7-6-12(15-16)8-11-4-5-13(14)10(11)3/h6-7,9-11,13H,4-5,8H2,1-3H3. The van der Waals surface area contributed by atoms with Gasteiger partial charge in [-0.3, -0.25) is 4.68 Å². The highest BCUT2D eigenvalue weighted by atomic mass is 79.9. The summed E-state index contributed by atoms with van der Waals surface area (Å²) in [5, 5.41) is 4.63. The summed E-state index contributed by atoms with van der Waals surface area (Å²) in [6, 6.07) is 2.65. The predicted octanol–water partition coefficient (Wildman–Crippen LogP) is 3.82. The van der Waals surface area contributed by atoms with Crippen LogP contribution in [0.15, 0.2) is 12.3 Å². The molecule has 1 heterocycles. The smallest absolute Gasteiger partial charge is 0.0627 e. The highest BCUT2D eigenvalue weighted by Gasteiger charge is 2.31. The third-order valence-electron chi connectivity index (χ3n) is 3.79. The maximum absolute atomic E-state index is 4.63. The Hall–Kier alpha value is -0.310. The van der Waals surface area contributed by atoms with Gasteiger partial charge >= 0.3 is 0 Å². The monoisotopic (exact) mass is 284 g/mol. The fourth-order valence-corrected chi connectivity index (χ4v) is 3.22. The molecule has 1 saturated carbocycles. The molecular formula is C13H21BrN2. The second-order valence-corrected chi connectivity index (χ2v) is 6.47. The zero-order chi connectivity index (χ0) is 11.7. The van der Waals surface area contributed by atoms with Gasteiger partial charge in [0, 0.05) is 17.1 Å². The number of alkyl halides is 1. The van der Waals surface area contributed by atoms with Crippen LogP contribution < -0.4 is 0 Å². The van der Waals surface area contributed by atoms with Crippen LogP contribution in [0.4, 0.5) is 0 Å². The number of hydrogen-bond donors (Lipinski definition) is 0. The van der Waals surface area contributed by atoms with E-state index < -0.39 is 0 Å². The van der Waals surface area contributed by atoms with E-state index in [0.29, 0.717) is 10.9 Å². The number of hydrogen-bond acceptors (Lipinski definition) is 1. The number of halogens is 1. The third kappa shape index (κ3) is 2.50. The van der Waals surface area contributed by atoms with E-state index in [1.54, 1.807) is 0 Å². The van der Waals surface area contributed by atoms with Gasteiger partial charge in [0.15, 0.2) is 0 Å². The Morgan fingerprint density at radius 3 is 2.75 bits per heavy atom. The van der Waals surface area contributed by atoms with Crippen LogP contribution in [0.25, 0.3) is 0 Å². The first-order valence-electron chi connectivity index (χ1n) is 6.26. The van der Waals surface area contributed by atoms with E-state index in [9.17, 15) is 0 Å². The quantitative estimate of drug-likeness (QED) is 0.772. The molecule has 0 bridgehead atoms. The van der Waals surface area contributed by atoms with Gasteiger partial charge in [-0.05, 0) is 51.0 Å². The van der Waals surface area contributed by atoms with Gasteiger partial charge in [-0.15, -0.1) is 0 Å². The van der Waals surface area contributed by atoms with Crippen molar-refractivity contribution < 1.29 is 0 Å². The molecule has 0 radical (unpaired) electrons. The Balaban J connectivity index is 1.98. The number of rotatable bonds is 3. The van der Waals surface area contributed by atoms with Crippen LogP contribution in [0.2, 0.25) is 0 Å². The van der Waals surface area contributed by atoms with Crippen LogP contribution in [0, 0.1) is 11.8 Å². The van der Waals surface area contributed by atoms with E-state index in [0.717, 1.165) is 18.3 Å². The first-order valence-corrected chi connectivity index (χ1v) is 7.17. The van der Waals surface area contributed by atoms with Crippen LogP contribution >= 0.6 is 15.9 Å². The highest BCUT2D eigenvalue weighted by Crippen LogP contribution is 2.38. The maximum atomic E-state index is 4.63. The van der Waals surface area contributed by atoms with Gasteiger partial charge in [0.05, 0.1) is 5.69 Å². The molecule has 16 heavy (non-hydrogen) atoms. The van der Waals surface area contributed by atoms with E-state index in [-0.39, 0.29) is 0 Å². The normalized spacial score (nSPS) is 30.2. The predicted molar refractivity (Wildman–Crippen MR) is 70.9 cm³/mol. The highest BCUT2D eigenvalue weighted by molar-refractivity contribution is 9.09. The molecule has 1 aliphatic carbocycles. The zero-order valence-corrected chi connectivity index (χ0v) is 11.9. The summed E-state index contributed by atoms with van der Waals surface area (Å²) < 4.78 is 2.06. The lowest BCUT2D eigenvalue weighted by Gasteiger charge is -2.15. The Morgan fingerprint density at radius 2 is 2.25 bits per heavy atom. The van der Waals surface area contributed by atoms with Gasteiger partial charge in [-0.25, -0.2) is 0 Å². The Morgan fingerprint density at radius 1 is 1.50 bits per heavy atom. The van der Waals surface area contributed by atoms with E-state index >= 15 is 0 Å². The van der Waals surface area contributed by atoms with Crippen molar-refractivity contribution >= 4 is 15.9 Å². The average Bonchev–Trinajstić information content (AvgIpc) is 2.81. The van der Waals surface area contributed by atoms with Gasteiger partial charge < -0.3 is 0 Å². The van der Waals surface area contributed by atoms with E-state index in [4.69, 9.17) is 0 Å². The molecule has 3 unspecified atom stereocenters. The summed E-state index contributed by atoms with van der Waals surface area (Å²) >= 11 is 3.76. The summed E-state index contributed by atoms with van der Waals surface area (Å²) in [7, 11) is 0. The lowest BCUT2D eigenvalue weighted by Crippen LogP contribution is -2.13. The SMILES string of the molecule is CC1C(Br)CCC1Cc1ccn(C(C)C)n1.